The van der Waals surface area contributed by atoms with Crippen molar-refractivity contribution in [2.45, 2.75) is 23.3 Å². The Hall–Kier alpha value is -2.69. The zero-order valence-electron chi connectivity index (χ0n) is 15.3. The summed E-state index contributed by atoms with van der Waals surface area (Å²) in [7, 11) is 0. The summed E-state index contributed by atoms with van der Waals surface area (Å²) >= 11 is 7.63. The number of aromatic amines is 1. The number of hydrogen-bond acceptors (Lipinski definition) is 2. The van der Waals surface area contributed by atoms with E-state index in [2.05, 4.69) is 41.5 Å². The van der Waals surface area contributed by atoms with Crippen molar-refractivity contribution in [1.82, 2.24) is 10.3 Å². The number of rotatable bonds is 5. The number of benzene rings is 3. The van der Waals surface area contributed by atoms with Crippen LogP contribution in [0, 0.1) is 6.92 Å². The van der Waals surface area contributed by atoms with Gasteiger partial charge in [0.15, 0.2) is 0 Å². The van der Waals surface area contributed by atoms with Crippen LogP contribution in [0.25, 0.3) is 10.9 Å². The third-order valence-electron chi connectivity index (χ3n) is 4.47. The van der Waals surface area contributed by atoms with Crippen molar-refractivity contribution in [1.29, 1.82) is 0 Å². The first-order chi connectivity index (χ1) is 13.6. The van der Waals surface area contributed by atoms with Gasteiger partial charge in [-0.1, -0.05) is 71.4 Å². The van der Waals surface area contributed by atoms with Gasteiger partial charge in [0, 0.05) is 27.4 Å². The van der Waals surface area contributed by atoms with E-state index in [1.165, 1.54) is 5.56 Å². The van der Waals surface area contributed by atoms with Crippen molar-refractivity contribution < 1.29 is 4.79 Å². The number of hydrogen-bond donors (Lipinski definition) is 2. The molecule has 0 aliphatic carbocycles. The molecule has 140 valence electrons. The summed E-state index contributed by atoms with van der Waals surface area (Å²) in [5.41, 5.74) is 3.70. The highest BCUT2D eigenvalue weighted by molar-refractivity contribution is 7.99. The number of aryl methyl sites for hydroxylation is 1. The van der Waals surface area contributed by atoms with Crippen LogP contribution < -0.4 is 5.32 Å². The average Bonchev–Trinajstić information content (AvgIpc) is 3.07. The molecule has 0 unspecified atom stereocenters. The molecule has 28 heavy (non-hydrogen) atoms. The maximum absolute atomic E-state index is 12.9. The topological polar surface area (TPSA) is 44.9 Å². The Kier molecular flexibility index (Phi) is 5.42. The zero-order chi connectivity index (χ0) is 19.5. The Balaban J connectivity index is 1.63. The van der Waals surface area contributed by atoms with Crippen LogP contribution in [-0.2, 0) is 6.54 Å². The Labute approximate surface area is 173 Å². The fourth-order valence-electron chi connectivity index (χ4n) is 3.02. The lowest BCUT2D eigenvalue weighted by Crippen LogP contribution is -2.23. The molecular formula is C23H19ClN2OS. The van der Waals surface area contributed by atoms with Gasteiger partial charge in [0.2, 0.25) is 0 Å². The standard InChI is InChI=1S/C23H19ClN2OS/c1-15-9-11-18(12-10-15)28-22-19-7-2-3-8-20(19)26-21(22)23(27)25-14-16-5-4-6-17(24)13-16/h2-13,26H,14H2,1H3,(H,25,27). The van der Waals surface area contributed by atoms with E-state index >= 15 is 0 Å². The second-order valence-corrected chi connectivity index (χ2v) is 8.12. The molecule has 5 heteroatoms. The highest BCUT2D eigenvalue weighted by Crippen LogP contribution is 2.36. The fourth-order valence-corrected chi connectivity index (χ4v) is 4.28. The number of halogens is 1. The number of H-pyrrole nitrogens is 1. The van der Waals surface area contributed by atoms with E-state index in [9.17, 15) is 4.79 Å². The third-order valence-corrected chi connectivity index (χ3v) is 5.84. The summed E-state index contributed by atoms with van der Waals surface area (Å²) in [6, 6.07) is 23.8. The molecule has 0 bridgehead atoms. The van der Waals surface area contributed by atoms with Crippen molar-refractivity contribution in [3.8, 4) is 0 Å². The van der Waals surface area contributed by atoms with Crippen LogP contribution in [0.5, 0.6) is 0 Å². The molecule has 0 fully saturated rings. The number of carbonyl (C=O) groups is 1. The number of aromatic nitrogens is 1. The lowest BCUT2D eigenvalue weighted by atomic mass is 10.2. The molecule has 3 aromatic carbocycles. The van der Waals surface area contributed by atoms with Gasteiger partial charge >= 0.3 is 0 Å². The molecule has 0 spiro atoms. The lowest BCUT2D eigenvalue weighted by molar-refractivity contribution is 0.0944. The highest BCUT2D eigenvalue weighted by Gasteiger charge is 2.18. The summed E-state index contributed by atoms with van der Waals surface area (Å²) < 4.78 is 0. The van der Waals surface area contributed by atoms with Crippen molar-refractivity contribution >= 4 is 40.2 Å². The highest BCUT2D eigenvalue weighted by atomic mass is 35.5. The molecule has 1 amide bonds. The molecule has 0 aliphatic heterocycles. The number of nitrogens with one attached hydrogen (secondary N) is 2. The van der Waals surface area contributed by atoms with Crippen molar-refractivity contribution in [2.75, 3.05) is 0 Å². The van der Waals surface area contributed by atoms with Crippen LogP contribution in [-0.4, -0.2) is 10.9 Å². The van der Waals surface area contributed by atoms with Crippen LogP contribution in [0.15, 0.2) is 82.6 Å². The summed E-state index contributed by atoms with van der Waals surface area (Å²) in [6.07, 6.45) is 0. The molecule has 0 radical (unpaired) electrons. The summed E-state index contributed by atoms with van der Waals surface area (Å²) in [6.45, 7) is 2.48. The van der Waals surface area contributed by atoms with Crippen LogP contribution in [0.3, 0.4) is 0 Å². The van der Waals surface area contributed by atoms with Crippen LogP contribution >= 0.6 is 23.4 Å². The zero-order valence-corrected chi connectivity index (χ0v) is 16.9. The van der Waals surface area contributed by atoms with Crippen molar-refractivity contribution in [2.24, 2.45) is 0 Å². The number of para-hydroxylation sites is 1. The second kappa shape index (κ2) is 8.13. The predicted molar refractivity (Wildman–Crippen MR) is 116 cm³/mol. The number of amides is 1. The number of fused-ring (bicyclic) bond motifs is 1. The lowest BCUT2D eigenvalue weighted by Gasteiger charge is -2.08. The summed E-state index contributed by atoms with van der Waals surface area (Å²) in [4.78, 5) is 18.3. The van der Waals surface area contributed by atoms with Gasteiger partial charge in [0.1, 0.15) is 5.69 Å². The Bertz CT molecular complexity index is 1140. The van der Waals surface area contributed by atoms with E-state index in [4.69, 9.17) is 11.6 Å². The van der Waals surface area contributed by atoms with Gasteiger partial charge in [-0.15, -0.1) is 0 Å². The first-order valence-electron chi connectivity index (χ1n) is 8.98. The van der Waals surface area contributed by atoms with E-state index in [1.807, 2.05) is 48.5 Å². The molecule has 1 aromatic heterocycles. The minimum Gasteiger partial charge on any atom is -0.350 e. The Morgan fingerprint density at radius 3 is 2.61 bits per heavy atom. The normalized spacial score (nSPS) is 10.9. The minimum atomic E-state index is -0.134. The third kappa shape index (κ3) is 4.08. The minimum absolute atomic E-state index is 0.134. The number of carbonyl (C=O) groups excluding carboxylic acids is 1. The molecule has 0 saturated carbocycles. The van der Waals surface area contributed by atoms with Gasteiger partial charge in [0.05, 0.1) is 4.90 Å². The molecule has 4 rings (SSSR count). The Morgan fingerprint density at radius 1 is 1.04 bits per heavy atom. The Morgan fingerprint density at radius 2 is 1.82 bits per heavy atom. The van der Waals surface area contributed by atoms with E-state index < -0.39 is 0 Å². The van der Waals surface area contributed by atoms with E-state index in [0.717, 1.165) is 26.3 Å². The monoisotopic (exact) mass is 406 g/mol. The van der Waals surface area contributed by atoms with Gasteiger partial charge in [-0.25, -0.2) is 0 Å². The maximum atomic E-state index is 12.9. The van der Waals surface area contributed by atoms with E-state index in [-0.39, 0.29) is 5.91 Å². The quantitative estimate of drug-likeness (QED) is 0.413. The molecule has 1 heterocycles. The molecule has 0 aliphatic rings. The fraction of sp³-hybridized carbons (Fsp3) is 0.0870. The SMILES string of the molecule is Cc1ccc(Sc2c(C(=O)NCc3cccc(Cl)c3)[nH]c3ccccc23)cc1. The molecule has 0 atom stereocenters. The van der Waals surface area contributed by atoms with E-state index in [0.29, 0.717) is 17.3 Å². The molecule has 4 aromatic rings. The molecule has 2 N–H and O–H groups in total. The smallest absolute Gasteiger partial charge is 0.269 e. The maximum Gasteiger partial charge on any atom is 0.269 e. The predicted octanol–water partition coefficient (Wildman–Crippen LogP) is 6.21. The summed E-state index contributed by atoms with van der Waals surface area (Å²) in [5, 5.41) is 4.70. The largest absolute Gasteiger partial charge is 0.350 e. The average molecular weight is 407 g/mol. The first kappa shape index (κ1) is 18.7. The van der Waals surface area contributed by atoms with Gasteiger partial charge in [-0.3, -0.25) is 4.79 Å². The van der Waals surface area contributed by atoms with Gasteiger partial charge in [-0.05, 0) is 42.8 Å². The van der Waals surface area contributed by atoms with Crippen LogP contribution in [0.1, 0.15) is 21.6 Å². The molecule has 3 nitrogen and oxygen atoms in total. The molecule has 0 saturated heterocycles. The van der Waals surface area contributed by atoms with Gasteiger partial charge in [0.25, 0.3) is 5.91 Å². The van der Waals surface area contributed by atoms with Crippen LogP contribution in [0.4, 0.5) is 0 Å². The second-order valence-electron chi connectivity index (χ2n) is 6.60. The van der Waals surface area contributed by atoms with Crippen molar-refractivity contribution in [3.63, 3.8) is 0 Å². The van der Waals surface area contributed by atoms with E-state index in [1.54, 1.807) is 11.8 Å². The van der Waals surface area contributed by atoms with Crippen LogP contribution in [0.2, 0.25) is 5.02 Å². The van der Waals surface area contributed by atoms with Gasteiger partial charge in [-0.2, -0.15) is 0 Å². The summed E-state index contributed by atoms with van der Waals surface area (Å²) in [5.74, 6) is -0.134. The molecular weight excluding hydrogens is 388 g/mol. The van der Waals surface area contributed by atoms with Crippen molar-refractivity contribution in [3.05, 3.63) is 94.6 Å². The first-order valence-corrected chi connectivity index (χ1v) is 10.2. The van der Waals surface area contributed by atoms with Gasteiger partial charge < -0.3 is 10.3 Å².